The number of carbonyl (C=O) groups excluding carboxylic acids is 3. The van der Waals surface area contributed by atoms with Crippen LogP contribution in [0.25, 0.3) is 0 Å². The number of carbonyl (C=O) groups is 3. The Balaban J connectivity index is 2.16. The maximum Gasteiger partial charge on any atom is 0.316 e. The predicted molar refractivity (Wildman–Crippen MR) is 91.4 cm³/mol. The van der Waals surface area contributed by atoms with Crippen LogP contribution in [0.15, 0.2) is 24.3 Å². The topological polar surface area (TPSA) is 84.5 Å². The maximum absolute atomic E-state index is 11.7. The van der Waals surface area contributed by atoms with Gasteiger partial charge in [-0.3, -0.25) is 14.4 Å². The summed E-state index contributed by atoms with van der Waals surface area (Å²) in [5.41, 5.74) is 1.78. The molecule has 2 N–H and O–H groups in total. The summed E-state index contributed by atoms with van der Waals surface area (Å²) in [5, 5.41) is 5.36. The normalized spacial score (nSPS) is 10.0. The lowest BCUT2D eigenvalue weighted by Crippen LogP contribution is -2.29. The van der Waals surface area contributed by atoms with Crippen LogP contribution in [-0.2, 0) is 19.1 Å². The Kier molecular flexibility index (Phi) is 8.82. The molecule has 0 saturated carbocycles. The van der Waals surface area contributed by atoms with Gasteiger partial charge in [0.2, 0.25) is 5.91 Å². The van der Waals surface area contributed by atoms with E-state index in [1.807, 2.05) is 32.0 Å². The van der Waals surface area contributed by atoms with Gasteiger partial charge in [-0.15, -0.1) is 11.8 Å². The average Bonchev–Trinajstić information content (AvgIpc) is 2.51. The molecule has 126 valence electrons. The fraction of sp³-hybridized carbons (Fsp3) is 0.438. The monoisotopic (exact) mass is 338 g/mol. The van der Waals surface area contributed by atoms with E-state index in [2.05, 4.69) is 10.6 Å². The Bertz CT molecular complexity index is 549. The van der Waals surface area contributed by atoms with Crippen LogP contribution in [0.4, 0.5) is 5.69 Å². The summed E-state index contributed by atoms with van der Waals surface area (Å²) >= 11 is 1.14. The van der Waals surface area contributed by atoms with Crippen LogP contribution in [0.3, 0.4) is 0 Å². The smallest absolute Gasteiger partial charge is 0.316 e. The van der Waals surface area contributed by atoms with Gasteiger partial charge in [-0.25, -0.2) is 0 Å². The number of hydrogen-bond acceptors (Lipinski definition) is 5. The number of anilines is 1. The summed E-state index contributed by atoms with van der Waals surface area (Å²) in [7, 11) is 0. The number of aryl methyl sites for hydroxylation is 1. The molecule has 0 unspecified atom stereocenters. The minimum absolute atomic E-state index is 0.0301. The first-order valence-corrected chi connectivity index (χ1v) is 8.53. The zero-order chi connectivity index (χ0) is 17.1. The number of esters is 1. The highest BCUT2D eigenvalue weighted by atomic mass is 32.2. The van der Waals surface area contributed by atoms with Crippen molar-refractivity contribution in [3.8, 4) is 0 Å². The first-order chi connectivity index (χ1) is 11.0. The summed E-state index contributed by atoms with van der Waals surface area (Å²) in [6.07, 6.45) is 0.825. The lowest BCUT2D eigenvalue weighted by molar-refractivity contribution is -0.145. The summed E-state index contributed by atoms with van der Waals surface area (Å²) in [6, 6.07) is 7.47. The molecule has 7 heteroatoms. The van der Waals surface area contributed by atoms with Gasteiger partial charge < -0.3 is 15.4 Å². The molecule has 1 aromatic rings. The highest BCUT2D eigenvalue weighted by Gasteiger charge is 2.09. The average molecular weight is 338 g/mol. The van der Waals surface area contributed by atoms with Gasteiger partial charge in [0.25, 0.3) is 5.91 Å². The molecule has 6 nitrogen and oxygen atoms in total. The summed E-state index contributed by atoms with van der Waals surface area (Å²) < 4.78 is 4.81. The summed E-state index contributed by atoms with van der Waals surface area (Å²) in [6.45, 7) is 4.15. The zero-order valence-electron chi connectivity index (χ0n) is 13.4. The number of hydrogen-bond donors (Lipinski definition) is 2. The van der Waals surface area contributed by atoms with E-state index >= 15 is 0 Å². The number of nitrogens with one attached hydrogen (secondary N) is 2. The molecule has 2 amide bonds. The first kappa shape index (κ1) is 19.0. The van der Waals surface area contributed by atoms with E-state index in [-0.39, 0.29) is 29.9 Å². The lowest BCUT2D eigenvalue weighted by atomic mass is 10.2. The van der Waals surface area contributed by atoms with Crippen LogP contribution in [0.1, 0.15) is 18.9 Å². The lowest BCUT2D eigenvalue weighted by Gasteiger charge is -2.07. The van der Waals surface area contributed by atoms with Gasteiger partial charge in [0, 0.05) is 12.2 Å². The van der Waals surface area contributed by atoms with Gasteiger partial charge >= 0.3 is 5.97 Å². The molecule has 0 spiro atoms. The number of ether oxygens (including phenoxy) is 1. The Morgan fingerprint density at radius 3 is 2.65 bits per heavy atom. The van der Waals surface area contributed by atoms with E-state index in [0.717, 1.165) is 29.4 Å². The molecule has 0 fully saturated rings. The number of thioether (sulfide) groups is 1. The van der Waals surface area contributed by atoms with Crippen molar-refractivity contribution < 1.29 is 19.1 Å². The molecule has 1 rings (SSSR count). The second kappa shape index (κ2) is 10.7. The third kappa shape index (κ3) is 8.87. The first-order valence-electron chi connectivity index (χ1n) is 7.38. The van der Waals surface area contributed by atoms with Crippen molar-refractivity contribution in [2.75, 3.05) is 30.0 Å². The van der Waals surface area contributed by atoms with Gasteiger partial charge in [0.15, 0.2) is 6.61 Å². The van der Waals surface area contributed by atoms with Crippen molar-refractivity contribution in [2.45, 2.75) is 20.3 Å². The Hall–Kier alpha value is -2.02. The van der Waals surface area contributed by atoms with Crippen molar-refractivity contribution in [3.63, 3.8) is 0 Å². The van der Waals surface area contributed by atoms with E-state index in [1.165, 1.54) is 0 Å². The number of benzene rings is 1. The third-order valence-electron chi connectivity index (χ3n) is 2.69. The van der Waals surface area contributed by atoms with Crippen LogP contribution >= 0.6 is 11.8 Å². The molecule has 0 heterocycles. The molecule has 0 radical (unpaired) electrons. The van der Waals surface area contributed by atoms with E-state index in [9.17, 15) is 14.4 Å². The SMILES string of the molecule is CCCNC(=O)COC(=O)CSCC(=O)Nc1cccc(C)c1. The van der Waals surface area contributed by atoms with Crippen LogP contribution in [-0.4, -0.2) is 42.4 Å². The van der Waals surface area contributed by atoms with Crippen molar-refractivity contribution in [1.82, 2.24) is 5.32 Å². The molecular formula is C16H22N2O4S. The van der Waals surface area contributed by atoms with E-state index in [0.29, 0.717) is 6.54 Å². The maximum atomic E-state index is 11.7. The minimum Gasteiger partial charge on any atom is -0.455 e. The molecule has 0 bridgehead atoms. The molecule has 23 heavy (non-hydrogen) atoms. The van der Waals surface area contributed by atoms with Crippen molar-refractivity contribution in [3.05, 3.63) is 29.8 Å². The van der Waals surface area contributed by atoms with Crippen molar-refractivity contribution in [2.24, 2.45) is 0 Å². The zero-order valence-corrected chi connectivity index (χ0v) is 14.2. The number of amides is 2. The molecule has 0 aliphatic carbocycles. The molecule has 0 atom stereocenters. The Morgan fingerprint density at radius 2 is 1.96 bits per heavy atom. The molecule has 0 aliphatic heterocycles. The largest absolute Gasteiger partial charge is 0.455 e. The molecular weight excluding hydrogens is 316 g/mol. The summed E-state index contributed by atoms with van der Waals surface area (Å²) in [5.74, 6) is -0.839. The fourth-order valence-electron chi connectivity index (χ4n) is 1.65. The van der Waals surface area contributed by atoms with E-state index < -0.39 is 5.97 Å². The molecule has 0 saturated heterocycles. The Labute approximate surface area is 140 Å². The van der Waals surface area contributed by atoms with Crippen molar-refractivity contribution >= 4 is 35.2 Å². The highest BCUT2D eigenvalue weighted by Crippen LogP contribution is 2.10. The van der Waals surface area contributed by atoms with Crippen LogP contribution in [0.2, 0.25) is 0 Å². The number of rotatable bonds is 9. The quantitative estimate of drug-likeness (QED) is 0.670. The van der Waals surface area contributed by atoms with Gasteiger partial charge in [-0.1, -0.05) is 19.1 Å². The molecule has 1 aromatic carbocycles. The van der Waals surface area contributed by atoms with Gasteiger partial charge in [-0.05, 0) is 31.0 Å². The van der Waals surface area contributed by atoms with Crippen LogP contribution < -0.4 is 10.6 Å². The van der Waals surface area contributed by atoms with Gasteiger partial charge in [-0.2, -0.15) is 0 Å². The highest BCUT2D eigenvalue weighted by molar-refractivity contribution is 8.00. The van der Waals surface area contributed by atoms with Gasteiger partial charge in [0.05, 0.1) is 11.5 Å². The third-order valence-corrected chi connectivity index (χ3v) is 3.60. The van der Waals surface area contributed by atoms with Crippen LogP contribution in [0, 0.1) is 6.92 Å². The molecule has 0 aliphatic rings. The Morgan fingerprint density at radius 1 is 1.17 bits per heavy atom. The standard InChI is InChI=1S/C16H22N2O4S/c1-3-7-17-14(19)9-22-16(21)11-23-10-15(20)18-13-6-4-5-12(2)8-13/h4-6,8H,3,7,9-11H2,1-2H3,(H,17,19)(H,18,20). The van der Waals surface area contributed by atoms with E-state index in [1.54, 1.807) is 6.07 Å². The molecule has 0 aromatic heterocycles. The summed E-state index contributed by atoms with van der Waals surface area (Å²) in [4.78, 5) is 34.5. The van der Waals surface area contributed by atoms with Crippen molar-refractivity contribution in [1.29, 1.82) is 0 Å². The second-order valence-electron chi connectivity index (χ2n) is 4.92. The minimum atomic E-state index is -0.509. The second-order valence-corrected chi connectivity index (χ2v) is 5.91. The fourth-order valence-corrected chi connectivity index (χ4v) is 2.26. The van der Waals surface area contributed by atoms with Crippen LogP contribution in [0.5, 0.6) is 0 Å². The predicted octanol–water partition coefficient (Wildman–Crippen LogP) is 1.74. The van der Waals surface area contributed by atoms with Gasteiger partial charge in [0.1, 0.15) is 0 Å². The van der Waals surface area contributed by atoms with E-state index in [4.69, 9.17) is 4.74 Å².